The molecule has 1 saturated heterocycles. The molecule has 1 aliphatic rings. The highest BCUT2D eigenvalue weighted by molar-refractivity contribution is 5.71. The van der Waals surface area contributed by atoms with Crippen molar-refractivity contribution in [3.8, 4) is 0 Å². The number of rotatable bonds is 7. The summed E-state index contributed by atoms with van der Waals surface area (Å²) in [7, 11) is 0. The summed E-state index contributed by atoms with van der Waals surface area (Å²) in [6.07, 6.45) is 0.545. The second-order valence-corrected chi connectivity index (χ2v) is 7.18. The van der Waals surface area contributed by atoms with Gasteiger partial charge in [0.1, 0.15) is 0 Å². The Kier molecular flexibility index (Phi) is 5.92. The van der Waals surface area contributed by atoms with Crippen LogP contribution in [0.15, 0.2) is 10.9 Å². The molecule has 1 N–H and O–H groups in total. The monoisotopic (exact) mass is 357 g/mol. The van der Waals surface area contributed by atoms with E-state index >= 15 is 0 Å². The van der Waals surface area contributed by atoms with Crippen molar-refractivity contribution in [1.82, 2.24) is 14.7 Å². The van der Waals surface area contributed by atoms with E-state index in [0.29, 0.717) is 37.2 Å². The summed E-state index contributed by atoms with van der Waals surface area (Å²) in [6.45, 7) is 5.84. The smallest absolute Gasteiger partial charge is 0.328 e. The van der Waals surface area contributed by atoms with Gasteiger partial charge in [-0.25, -0.2) is 18.3 Å². The van der Waals surface area contributed by atoms with E-state index in [4.69, 9.17) is 0 Å². The number of alkyl halides is 2. The number of halogens is 2. The second kappa shape index (κ2) is 7.59. The number of hydrogen-bond donors (Lipinski definition) is 1. The van der Waals surface area contributed by atoms with Crippen molar-refractivity contribution in [2.75, 3.05) is 19.6 Å². The number of carbonyl (C=O) groups is 1. The number of likely N-dealkylation sites (tertiary alicyclic amines) is 1. The average Bonchev–Trinajstić information content (AvgIpc) is 2.85. The predicted octanol–water partition coefficient (Wildman–Crippen LogP) is 2.11. The van der Waals surface area contributed by atoms with Gasteiger partial charge in [0.15, 0.2) is 6.04 Å². The molecule has 1 aliphatic heterocycles. The number of hydrogen-bond acceptors (Lipinski definition) is 4. The molecule has 8 heteroatoms. The zero-order valence-corrected chi connectivity index (χ0v) is 14.8. The summed E-state index contributed by atoms with van der Waals surface area (Å²) in [5.74, 6) is -3.65. The van der Waals surface area contributed by atoms with Gasteiger partial charge >= 0.3 is 5.97 Å². The molecule has 1 aromatic heterocycles. The number of nitrogens with zero attached hydrogens (tertiary/aromatic N) is 3. The minimum atomic E-state index is -2.65. The number of aromatic nitrogens is 2. The van der Waals surface area contributed by atoms with E-state index in [0.717, 1.165) is 4.68 Å². The second-order valence-electron chi connectivity index (χ2n) is 7.18. The van der Waals surface area contributed by atoms with Gasteiger partial charge in [-0.3, -0.25) is 9.69 Å². The van der Waals surface area contributed by atoms with Gasteiger partial charge < -0.3 is 5.11 Å². The summed E-state index contributed by atoms with van der Waals surface area (Å²) in [4.78, 5) is 25.5. The Balaban J connectivity index is 2.19. The maximum Gasteiger partial charge on any atom is 0.328 e. The molecular formula is C17H25F2N3O3. The number of carboxylic acid groups (broad SMARTS) is 1. The number of aliphatic carboxylic acids is 1. The summed E-state index contributed by atoms with van der Waals surface area (Å²) >= 11 is 0. The van der Waals surface area contributed by atoms with E-state index in [-0.39, 0.29) is 18.9 Å². The number of aryl methyl sites for hydroxylation is 1. The van der Waals surface area contributed by atoms with Crippen molar-refractivity contribution in [2.45, 2.75) is 52.0 Å². The zero-order chi connectivity index (χ0) is 18.8. The van der Waals surface area contributed by atoms with Crippen LogP contribution in [0.5, 0.6) is 0 Å². The van der Waals surface area contributed by atoms with Gasteiger partial charge in [-0.1, -0.05) is 13.8 Å². The Hall–Kier alpha value is -1.83. The lowest BCUT2D eigenvalue weighted by Gasteiger charge is -2.19. The van der Waals surface area contributed by atoms with Gasteiger partial charge in [0.25, 0.3) is 11.5 Å². The van der Waals surface area contributed by atoms with Crippen molar-refractivity contribution < 1.29 is 18.7 Å². The summed E-state index contributed by atoms with van der Waals surface area (Å²) < 4.78 is 27.5. The molecule has 2 rings (SSSR count). The van der Waals surface area contributed by atoms with Crippen LogP contribution in [0.3, 0.4) is 0 Å². The lowest BCUT2D eigenvalue weighted by molar-refractivity contribution is -0.141. The van der Waals surface area contributed by atoms with Gasteiger partial charge in [0, 0.05) is 31.5 Å². The highest BCUT2D eigenvalue weighted by Gasteiger charge is 2.37. The Bertz CT molecular complexity index is 688. The molecular weight excluding hydrogens is 332 g/mol. The quantitative estimate of drug-likeness (QED) is 0.809. The van der Waals surface area contributed by atoms with Crippen molar-refractivity contribution in [3.63, 3.8) is 0 Å². The summed E-state index contributed by atoms with van der Waals surface area (Å²) in [5.41, 5.74) is 0.526. The van der Waals surface area contributed by atoms with E-state index < -0.39 is 23.5 Å². The van der Waals surface area contributed by atoms with Crippen molar-refractivity contribution in [3.05, 3.63) is 27.7 Å². The van der Waals surface area contributed by atoms with Crippen LogP contribution in [-0.4, -0.2) is 51.3 Å². The first-order valence-electron chi connectivity index (χ1n) is 8.51. The maximum atomic E-state index is 13.2. The van der Waals surface area contributed by atoms with Crippen LogP contribution < -0.4 is 5.56 Å². The Morgan fingerprint density at radius 2 is 2.12 bits per heavy atom. The van der Waals surface area contributed by atoms with Gasteiger partial charge in [0.05, 0.1) is 12.2 Å². The Labute approximate surface area is 145 Å². The SMILES string of the molecule is Cc1cc(CCN2CCC(F)(F)C2)nn([C@@H](CC(C)C)C(=O)O)c1=O. The average molecular weight is 357 g/mol. The summed E-state index contributed by atoms with van der Waals surface area (Å²) in [5, 5.41) is 13.7. The highest BCUT2D eigenvalue weighted by atomic mass is 19.3. The third-order valence-corrected chi connectivity index (χ3v) is 4.37. The molecule has 6 nitrogen and oxygen atoms in total. The minimum absolute atomic E-state index is 0.0885. The van der Waals surface area contributed by atoms with E-state index in [9.17, 15) is 23.5 Å². The minimum Gasteiger partial charge on any atom is -0.480 e. The van der Waals surface area contributed by atoms with Crippen LogP contribution in [-0.2, 0) is 11.2 Å². The van der Waals surface area contributed by atoms with Gasteiger partial charge in [-0.15, -0.1) is 0 Å². The van der Waals surface area contributed by atoms with Crippen molar-refractivity contribution in [1.29, 1.82) is 0 Å². The van der Waals surface area contributed by atoms with E-state index in [2.05, 4.69) is 5.10 Å². The standard InChI is InChI=1S/C17H25F2N3O3/c1-11(2)8-14(16(24)25)22-15(23)12(3)9-13(20-22)4-6-21-7-5-17(18,19)10-21/h9,11,14H,4-8,10H2,1-3H3,(H,24,25)/t14-/m0/s1. The van der Waals surface area contributed by atoms with Crippen LogP contribution in [0.25, 0.3) is 0 Å². The van der Waals surface area contributed by atoms with Crippen LogP contribution >= 0.6 is 0 Å². The van der Waals surface area contributed by atoms with E-state index in [1.807, 2.05) is 13.8 Å². The highest BCUT2D eigenvalue weighted by Crippen LogP contribution is 2.26. The van der Waals surface area contributed by atoms with Gasteiger partial charge in [0.2, 0.25) is 0 Å². The fraction of sp³-hybridized carbons (Fsp3) is 0.706. The molecule has 2 heterocycles. The molecule has 0 radical (unpaired) electrons. The van der Waals surface area contributed by atoms with E-state index in [1.165, 1.54) is 0 Å². The molecule has 1 atom stereocenters. The third-order valence-electron chi connectivity index (χ3n) is 4.37. The molecule has 0 spiro atoms. The Morgan fingerprint density at radius 3 is 2.64 bits per heavy atom. The molecule has 0 aliphatic carbocycles. The molecule has 1 aromatic rings. The molecule has 25 heavy (non-hydrogen) atoms. The van der Waals surface area contributed by atoms with Gasteiger partial charge in [-0.05, 0) is 25.3 Å². The predicted molar refractivity (Wildman–Crippen MR) is 89.1 cm³/mol. The lowest BCUT2D eigenvalue weighted by atomic mass is 10.0. The molecule has 0 saturated carbocycles. The molecule has 0 bridgehead atoms. The fourth-order valence-corrected chi connectivity index (χ4v) is 3.06. The molecule has 1 fully saturated rings. The molecule has 140 valence electrons. The summed E-state index contributed by atoms with van der Waals surface area (Å²) in [6, 6.07) is 0.587. The maximum absolute atomic E-state index is 13.2. The normalized spacial score (nSPS) is 18.6. The topological polar surface area (TPSA) is 75.4 Å². The molecule has 0 unspecified atom stereocenters. The van der Waals surface area contributed by atoms with Crippen LogP contribution in [0, 0.1) is 12.8 Å². The van der Waals surface area contributed by atoms with Crippen LogP contribution in [0.4, 0.5) is 8.78 Å². The fourth-order valence-electron chi connectivity index (χ4n) is 3.06. The zero-order valence-electron chi connectivity index (χ0n) is 14.8. The van der Waals surface area contributed by atoms with Crippen molar-refractivity contribution in [2.24, 2.45) is 5.92 Å². The van der Waals surface area contributed by atoms with Crippen LogP contribution in [0.2, 0.25) is 0 Å². The van der Waals surface area contributed by atoms with E-state index in [1.54, 1.807) is 17.9 Å². The Morgan fingerprint density at radius 1 is 1.44 bits per heavy atom. The first-order valence-corrected chi connectivity index (χ1v) is 8.51. The third kappa shape index (κ3) is 5.07. The first kappa shape index (κ1) is 19.5. The molecule has 0 amide bonds. The first-order chi connectivity index (χ1) is 11.6. The largest absolute Gasteiger partial charge is 0.480 e. The number of carboxylic acids is 1. The lowest BCUT2D eigenvalue weighted by Crippen LogP contribution is -2.35. The van der Waals surface area contributed by atoms with Gasteiger partial charge in [-0.2, -0.15) is 5.10 Å². The van der Waals surface area contributed by atoms with Crippen molar-refractivity contribution >= 4 is 5.97 Å². The molecule has 0 aromatic carbocycles. The van der Waals surface area contributed by atoms with Crippen LogP contribution in [0.1, 0.15) is 44.0 Å².